The van der Waals surface area contributed by atoms with Crippen molar-refractivity contribution in [3.05, 3.63) is 0 Å². The van der Waals surface area contributed by atoms with E-state index in [-0.39, 0.29) is 17.8 Å². The van der Waals surface area contributed by atoms with Crippen LogP contribution in [0.4, 0.5) is 0 Å². The van der Waals surface area contributed by atoms with Crippen molar-refractivity contribution < 1.29 is 23.1 Å². The van der Waals surface area contributed by atoms with Crippen LogP contribution in [0.5, 0.6) is 0 Å². The fourth-order valence-corrected chi connectivity index (χ4v) is 5.18. The number of hydrogen-bond acceptors (Lipinski definition) is 4. The number of aliphatic carboxylic acids is 1. The lowest BCUT2D eigenvalue weighted by atomic mass is 10.2. The van der Waals surface area contributed by atoms with Gasteiger partial charge in [-0.05, 0) is 31.6 Å². The Labute approximate surface area is 126 Å². The number of hydrogen-bond donors (Lipinski definition) is 1. The molecule has 21 heavy (non-hydrogen) atoms. The molecule has 7 heteroatoms. The second-order valence-electron chi connectivity index (χ2n) is 6.23. The van der Waals surface area contributed by atoms with Crippen LogP contribution < -0.4 is 0 Å². The Morgan fingerprint density at radius 2 is 1.95 bits per heavy atom. The predicted octanol–water partition coefficient (Wildman–Crippen LogP) is 1.46. The average Bonchev–Trinajstić information content (AvgIpc) is 3.07. The molecule has 2 rings (SSSR count). The largest absolute Gasteiger partial charge is 0.480 e. The van der Waals surface area contributed by atoms with Gasteiger partial charge in [-0.1, -0.05) is 19.8 Å². The molecule has 0 radical (unpaired) electrons. The van der Waals surface area contributed by atoms with E-state index < -0.39 is 22.0 Å². The van der Waals surface area contributed by atoms with Gasteiger partial charge in [0.25, 0.3) is 0 Å². The lowest BCUT2D eigenvalue weighted by Crippen LogP contribution is -2.42. The van der Waals surface area contributed by atoms with E-state index in [1.54, 1.807) is 0 Å². The van der Waals surface area contributed by atoms with E-state index in [9.17, 15) is 13.2 Å². The molecule has 2 atom stereocenters. The third-order valence-corrected chi connectivity index (χ3v) is 6.40. The lowest BCUT2D eigenvalue weighted by molar-refractivity contribution is -0.140. The van der Waals surface area contributed by atoms with Gasteiger partial charge >= 0.3 is 5.97 Å². The SMILES string of the molecule is CC(COC1CCCC1)CS(=O)(=O)N1CCCC1C(=O)O. The molecule has 2 aliphatic rings. The van der Waals surface area contributed by atoms with Crippen LogP contribution in [0.2, 0.25) is 0 Å². The molecular formula is C14H25NO5S. The normalized spacial score (nSPS) is 26.2. The summed E-state index contributed by atoms with van der Waals surface area (Å²) in [5.74, 6) is -1.21. The topological polar surface area (TPSA) is 83.9 Å². The molecule has 1 aliphatic heterocycles. The Bertz CT molecular complexity index is 458. The first-order chi connectivity index (χ1) is 9.90. The third kappa shape index (κ3) is 4.40. The van der Waals surface area contributed by atoms with Crippen molar-refractivity contribution >= 4 is 16.0 Å². The minimum absolute atomic E-state index is 0.0382. The van der Waals surface area contributed by atoms with E-state index in [4.69, 9.17) is 9.84 Å². The highest BCUT2D eigenvalue weighted by molar-refractivity contribution is 7.89. The molecule has 1 saturated carbocycles. The summed E-state index contributed by atoms with van der Waals surface area (Å²) < 4.78 is 31.6. The zero-order valence-corrected chi connectivity index (χ0v) is 13.3. The molecule has 0 spiro atoms. The van der Waals surface area contributed by atoms with Gasteiger partial charge in [0.1, 0.15) is 6.04 Å². The zero-order chi connectivity index (χ0) is 15.5. The van der Waals surface area contributed by atoms with Crippen molar-refractivity contribution in [3.8, 4) is 0 Å². The molecular weight excluding hydrogens is 294 g/mol. The molecule has 0 aromatic heterocycles. The van der Waals surface area contributed by atoms with Crippen LogP contribution in [-0.2, 0) is 19.6 Å². The lowest BCUT2D eigenvalue weighted by Gasteiger charge is -2.23. The van der Waals surface area contributed by atoms with E-state index in [2.05, 4.69) is 0 Å². The summed E-state index contributed by atoms with van der Waals surface area (Å²) in [7, 11) is -3.53. The van der Waals surface area contributed by atoms with Crippen molar-refractivity contribution in [3.63, 3.8) is 0 Å². The van der Waals surface area contributed by atoms with Crippen molar-refractivity contribution in [1.29, 1.82) is 0 Å². The maximum atomic E-state index is 12.4. The second-order valence-corrected chi connectivity index (χ2v) is 8.20. The molecule has 1 N–H and O–H groups in total. The Kier molecular flexibility index (Phi) is 5.62. The summed E-state index contributed by atoms with van der Waals surface area (Å²) in [5, 5.41) is 9.10. The minimum atomic E-state index is -3.53. The smallest absolute Gasteiger partial charge is 0.322 e. The zero-order valence-electron chi connectivity index (χ0n) is 12.5. The van der Waals surface area contributed by atoms with E-state index in [0.717, 1.165) is 17.1 Å². The molecule has 122 valence electrons. The van der Waals surface area contributed by atoms with Gasteiger partial charge in [-0.15, -0.1) is 0 Å². The van der Waals surface area contributed by atoms with E-state index in [1.807, 2.05) is 6.92 Å². The Morgan fingerprint density at radius 1 is 1.29 bits per heavy atom. The van der Waals surface area contributed by atoms with Crippen LogP contribution in [0.15, 0.2) is 0 Å². The number of carboxylic acid groups (broad SMARTS) is 1. The van der Waals surface area contributed by atoms with Crippen LogP contribution in [-0.4, -0.2) is 54.8 Å². The summed E-state index contributed by atoms with van der Waals surface area (Å²) in [6.45, 7) is 2.59. The van der Waals surface area contributed by atoms with Gasteiger partial charge in [0, 0.05) is 6.54 Å². The fraction of sp³-hybridized carbons (Fsp3) is 0.929. The number of nitrogens with zero attached hydrogens (tertiary/aromatic N) is 1. The highest BCUT2D eigenvalue weighted by atomic mass is 32.2. The first kappa shape index (κ1) is 16.7. The summed E-state index contributed by atoms with van der Waals surface area (Å²) in [5.41, 5.74) is 0. The third-order valence-electron chi connectivity index (χ3n) is 4.26. The number of rotatable bonds is 7. The monoisotopic (exact) mass is 319 g/mol. The maximum absolute atomic E-state index is 12.4. The Morgan fingerprint density at radius 3 is 2.57 bits per heavy atom. The van der Waals surface area contributed by atoms with Gasteiger partial charge in [-0.25, -0.2) is 8.42 Å². The molecule has 1 heterocycles. The van der Waals surface area contributed by atoms with Crippen LogP contribution in [0.3, 0.4) is 0 Å². The first-order valence-electron chi connectivity index (χ1n) is 7.74. The van der Waals surface area contributed by atoms with Crippen molar-refractivity contribution in [1.82, 2.24) is 4.31 Å². The number of ether oxygens (including phenoxy) is 1. The van der Waals surface area contributed by atoms with Crippen LogP contribution in [0, 0.1) is 5.92 Å². The molecule has 1 aliphatic carbocycles. The highest BCUT2D eigenvalue weighted by Gasteiger charge is 2.39. The molecule has 0 aromatic carbocycles. The van der Waals surface area contributed by atoms with Crippen molar-refractivity contribution in [2.45, 2.75) is 57.6 Å². The fourth-order valence-electron chi connectivity index (χ4n) is 3.18. The van der Waals surface area contributed by atoms with Crippen molar-refractivity contribution in [2.24, 2.45) is 5.92 Å². The van der Waals surface area contributed by atoms with Crippen molar-refractivity contribution in [2.75, 3.05) is 18.9 Å². The van der Waals surface area contributed by atoms with Crippen LogP contribution in [0.25, 0.3) is 0 Å². The molecule has 0 bridgehead atoms. The average molecular weight is 319 g/mol. The summed E-state index contributed by atoms with van der Waals surface area (Å²) in [4.78, 5) is 11.1. The van der Waals surface area contributed by atoms with E-state index >= 15 is 0 Å². The maximum Gasteiger partial charge on any atom is 0.322 e. The van der Waals surface area contributed by atoms with Gasteiger partial charge in [0.15, 0.2) is 0 Å². The van der Waals surface area contributed by atoms with Gasteiger partial charge in [-0.3, -0.25) is 4.79 Å². The summed E-state index contributed by atoms with van der Waals surface area (Å²) in [6.07, 6.45) is 5.79. The molecule has 0 amide bonds. The van der Waals surface area contributed by atoms with Gasteiger partial charge < -0.3 is 9.84 Å². The summed E-state index contributed by atoms with van der Waals surface area (Å²) >= 11 is 0. The van der Waals surface area contributed by atoms with Gasteiger partial charge in [-0.2, -0.15) is 4.31 Å². The minimum Gasteiger partial charge on any atom is -0.480 e. The number of carboxylic acids is 1. The van der Waals surface area contributed by atoms with Gasteiger partial charge in [0.2, 0.25) is 10.0 Å². The standard InChI is InChI=1S/C14H25NO5S/c1-11(9-20-12-5-2-3-6-12)10-21(18,19)15-8-4-7-13(15)14(16)17/h11-13H,2-10H2,1H3,(H,16,17). The van der Waals surface area contributed by atoms with E-state index in [0.29, 0.717) is 26.0 Å². The second kappa shape index (κ2) is 7.07. The quantitative estimate of drug-likeness (QED) is 0.768. The molecule has 1 saturated heterocycles. The van der Waals surface area contributed by atoms with E-state index in [1.165, 1.54) is 12.8 Å². The van der Waals surface area contributed by atoms with Crippen LogP contribution in [0.1, 0.15) is 45.4 Å². The highest BCUT2D eigenvalue weighted by Crippen LogP contribution is 2.24. The van der Waals surface area contributed by atoms with Crippen LogP contribution >= 0.6 is 0 Å². The molecule has 2 fully saturated rings. The Balaban J connectivity index is 1.85. The number of sulfonamides is 1. The summed E-state index contributed by atoms with van der Waals surface area (Å²) in [6, 6.07) is -0.891. The molecule has 0 aromatic rings. The predicted molar refractivity (Wildman–Crippen MR) is 78.5 cm³/mol. The number of carbonyl (C=O) groups is 1. The first-order valence-corrected chi connectivity index (χ1v) is 9.35. The molecule has 2 unspecified atom stereocenters. The molecule has 6 nitrogen and oxygen atoms in total. The Hall–Kier alpha value is -0.660. The van der Waals surface area contributed by atoms with Gasteiger partial charge in [0.05, 0.1) is 18.5 Å².